The monoisotopic (exact) mass is 916 g/mol. The van der Waals surface area contributed by atoms with Crippen molar-refractivity contribution in [3.8, 4) is 0 Å². The summed E-state index contributed by atoms with van der Waals surface area (Å²) in [5, 5.41) is 31.0. The summed E-state index contributed by atoms with van der Waals surface area (Å²) < 4.78 is 0. The van der Waals surface area contributed by atoms with E-state index in [1.165, 1.54) is 0 Å². The molecule has 64 heavy (non-hydrogen) atoms. The molecule has 0 radical (unpaired) electrons. The molecule has 2 aliphatic rings. The van der Waals surface area contributed by atoms with Gasteiger partial charge in [-0.05, 0) is 62.3 Å². The Kier molecular flexibility index (Phi) is 22.9. The fraction of sp³-hybridized carbons (Fsp3) is 0.651. The summed E-state index contributed by atoms with van der Waals surface area (Å²) in [5.74, 6) is -4.91. The van der Waals surface area contributed by atoms with Crippen LogP contribution in [0.15, 0.2) is 30.3 Å². The lowest BCUT2D eigenvalue weighted by atomic mass is 9.92. The minimum Gasteiger partial charge on any atom is -0.368 e. The van der Waals surface area contributed by atoms with Gasteiger partial charge in [0, 0.05) is 42.7 Å². The lowest BCUT2D eigenvalue weighted by Gasteiger charge is -2.26. The minimum absolute atomic E-state index is 0.0187. The highest BCUT2D eigenvalue weighted by molar-refractivity contribution is 8.00. The van der Waals surface area contributed by atoms with Crippen molar-refractivity contribution in [2.24, 2.45) is 23.5 Å². The average Bonchev–Trinajstić information content (AvgIpc) is 3.80. The van der Waals surface area contributed by atoms with Crippen LogP contribution in [-0.4, -0.2) is 119 Å². The number of hydrogen-bond donors (Lipinski definition) is 11. The molecule has 0 spiro atoms. The number of primary amides is 1. The van der Waals surface area contributed by atoms with Crippen LogP contribution in [0, 0.1) is 17.8 Å². The zero-order valence-electron chi connectivity index (χ0n) is 37.3. The van der Waals surface area contributed by atoms with Crippen LogP contribution in [0.4, 0.5) is 4.79 Å². The van der Waals surface area contributed by atoms with Gasteiger partial charge in [-0.2, -0.15) is 11.8 Å². The summed E-state index contributed by atoms with van der Waals surface area (Å²) >= 11 is 1.84. The van der Waals surface area contributed by atoms with Crippen LogP contribution in [-0.2, 0) is 44.8 Å². The van der Waals surface area contributed by atoms with E-state index in [-0.39, 0.29) is 61.5 Å². The molecule has 0 bridgehead atoms. The number of carbonyl (C=O) groups is 9. The number of nitrogens with one attached hydrogen (secondary N) is 9. The van der Waals surface area contributed by atoms with Gasteiger partial charge < -0.3 is 48.3 Å². The zero-order valence-corrected chi connectivity index (χ0v) is 38.1. The van der Waals surface area contributed by atoms with Crippen molar-refractivity contribution < 1.29 is 48.4 Å². The van der Waals surface area contributed by atoms with Gasteiger partial charge in [-0.15, -0.1) is 0 Å². The van der Waals surface area contributed by atoms with Crippen LogP contribution >= 0.6 is 11.8 Å². The molecule has 356 valence electrons. The second-order valence-electron chi connectivity index (χ2n) is 17.2. The van der Waals surface area contributed by atoms with Gasteiger partial charge in [0.25, 0.3) is 0 Å². The van der Waals surface area contributed by atoms with Crippen molar-refractivity contribution >= 4 is 65.1 Å². The molecular weight excluding hydrogens is 849 g/mol. The molecule has 7 atom stereocenters. The smallest absolute Gasteiger partial charge is 0.315 e. The number of urea groups is 1. The van der Waals surface area contributed by atoms with Crippen LogP contribution in [0.5, 0.6) is 0 Å². The summed E-state index contributed by atoms with van der Waals surface area (Å²) in [7, 11) is 0. The Morgan fingerprint density at radius 1 is 0.734 bits per heavy atom. The highest BCUT2D eigenvalue weighted by Crippen LogP contribution is 2.33. The maximum atomic E-state index is 13.8. The average molecular weight is 917 g/mol. The number of benzene rings is 1. The number of thioether (sulfide) groups is 1. The van der Waals surface area contributed by atoms with Crippen molar-refractivity contribution in [3.05, 3.63) is 35.9 Å². The number of carbonyl (C=O) groups excluding carboxylic acids is 9. The third-order valence-electron chi connectivity index (χ3n) is 10.8. The van der Waals surface area contributed by atoms with Gasteiger partial charge in [-0.1, -0.05) is 64.4 Å². The SMILES string of the molecule is CC(C)CC(CC(=O)NO)C(=O)N[C@@H](Cc1ccccc1)C(=O)N[C@@H](CC(C)C)C(=O)NCC(=O)NCC(=O)N[C@@H](CCCCNC(=O)CCCC[C@@H]1SC[C@@H]2NC(=O)N[C@@H]21)C(N)=O. The predicted molar refractivity (Wildman–Crippen MR) is 239 cm³/mol. The fourth-order valence-corrected chi connectivity index (χ4v) is 9.12. The van der Waals surface area contributed by atoms with Gasteiger partial charge in [-0.3, -0.25) is 43.6 Å². The van der Waals surface area contributed by atoms with Gasteiger partial charge >= 0.3 is 6.03 Å². The van der Waals surface area contributed by atoms with Crippen molar-refractivity contribution in [3.63, 3.8) is 0 Å². The molecule has 2 heterocycles. The highest BCUT2D eigenvalue weighted by Gasteiger charge is 2.42. The van der Waals surface area contributed by atoms with Crippen LogP contribution in [0.2, 0.25) is 0 Å². The molecule has 1 aromatic rings. The maximum absolute atomic E-state index is 13.8. The predicted octanol–water partition coefficient (Wildman–Crippen LogP) is 0.0174. The molecule has 2 saturated heterocycles. The first-order valence-corrected chi connectivity index (χ1v) is 23.2. The molecular formula is C43H68N10O10S. The van der Waals surface area contributed by atoms with Gasteiger partial charge in [0.1, 0.15) is 18.1 Å². The quantitative estimate of drug-likeness (QED) is 0.0220. The number of hydrogen-bond acceptors (Lipinski definition) is 11. The number of amides is 10. The second-order valence-corrected chi connectivity index (χ2v) is 18.5. The van der Waals surface area contributed by atoms with E-state index in [1.54, 1.807) is 35.8 Å². The van der Waals surface area contributed by atoms with Crippen LogP contribution in [0.25, 0.3) is 0 Å². The van der Waals surface area contributed by atoms with Gasteiger partial charge in [0.05, 0.1) is 25.2 Å². The molecule has 1 unspecified atom stereocenters. The molecule has 2 aliphatic heterocycles. The Hall–Kier alpha value is -5.44. The van der Waals surface area contributed by atoms with Crippen molar-refractivity contribution in [1.82, 2.24) is 48.0 Å². The minimum atomic E-state index is -1.14. The molecule has 21 heteroatoms. The van der Waals surface area contributed by atoms with Gasteiger partial charge in [-0.25, -0.2) is 10.3 Å². The molecule has 2 fully saturated rings. The number of nitrogens with two attached hydrogens (primary N) is 1. The Balaban J connectivity index is 1.41. The van der Waals surface area contributed by atoms with Crippen molar-refractivity contribution in [1.29, 1.82) is 0 Å². The Morgan fingerprint density at radius 3 is 2.09 bits per heavy atom. The molecule has 0 aromatic heterocycles. The third-order valence-corrected chi connectivity index (χ3v) is 12.3. The first kappa shape index (κ1) is 52.9. The summed E-state index contributed by atoms with van der Waals surface area (Å²) in [6.45, 7) is 6.77. The maximum Gasteiger partial charge on any atom is 0.315 e. The molecule has 10 amide bonds. The Morgan fingerprint density at radius 2 is 1.42 bits per heavy atom. The van der Waals surface area contributed by atoms with E-state index in [1.807, 2.05) is 39.5 Å². The summed E-state index contributed by atoms with van der Waals surface area (Å²) in [4.78, 5) is 114. The van der Waals surface area contributed by atoms with Crippen molar-refractivity contribution in [2.75, 3.05) is 25.4 Å². The molecule has 20 nitrogen and oxygen atoms in total. The Bertz CT molecular complexity index is 1750. The normalized spacial score (nSPS) is 18.3. The third kappa shape index (κ3) is 19.5. The van der Waals surface area contributed by atoms with Crippen LogP contribution < -0.4 is 53.7 Å². The first-order chi connectivity index (χ1) is 30.4. The van der Waals surface area contributed by atoms with Crippen LogP contribution in [0.1, 0.15) is 97.5 Å². The van der Waals surface area contributed by atoms with Gasteiger partial charge in [0.2, 0.25) is 47.3 Å². The van der Waals surface area contributed by atoms with E-state index >= 15 is 0 Å². The molecule has 0 aliphatic carbocycles. The second kappa shape index (κ2) is 27.7. The molecule has 12 N–H and O–H groups in total. The number of fused-ring (bicyclic) bond motifs is 1. The summed E-state index contributed by atoms with van der Waals surface area (Å²) in [6, 6.07) is 5.84. The van der Waals surface area contributed by atoms with E-state index in [0.717, 1.165) is 30.6 Å². The van der Waals surface area contributed by atoms with Crippen molar-refractivity contribution in [2.45, 2.75) is 134 Å². The van der Waals surface area contributed by atoms with Gasteiger partial charge in [0.15, 0.2) is 0 Å². The van der Waals surface area contributed by atoms with E-state index in [9.17, 15) is 43.2 Å². The fourth-order valence-electron chi connectivity index (χ4n) is 7.57. The molecule has 1 aromatic carbocycles. The topological polar surface area (TPSA) is 308 Å². The summed E-state index contributed by atoms with van der Waals surface area (Å²) in [5.41, 5.74) is 7.77. The summed E-state index contributed by atoms with van der Waals surface area (Å²) in [6.07, 6.45) is 4.39. The lowest BCUT2D eigenvalue weighted by Crippen LogP contribution is -2.56. The molecule has 3 rings (SSSR count). The highest BCUT2D eigenvalue weighted by atomic mass is 32.2. The molecule has 0 saturated carbocycles. The van der Waals surface area contributed by atoms with E-state index in [2.05, 4.69) is 42.5 Å². The standard InChI is InChI=1S/C43H68N10O10S/c1-25(2)18-28(21-35(55)53-63)40(59)49-31(20-27-12-6-5-7-13-27)42(61)50-30(19-26(3)4)41(60)47-22-36(56)46-23-37(57)48-29(39(44)58)14-10-11-17-45-34(54)16-9-8-15-33-38-32(24-64-33)51-43(62)52-38/h5-7,12-13,25-26,28-33,38,63H,8-11,14-24H2,1-4H3,(H2,44,58)(H,45,54)(H,46,56)(H,47,60)(H,48,57)(H,49,59)(H,50,61)(H,53,55)(H2,51,52,62)/t28?,29-,30-,31-,32-,33-,38-/m0/s1. The van der Waals surface area contributed by atoms with E-state index in [4.69, 9.17) is 10.9 Å². The lowest BCUT2D eigenvalue weighted by molar-refractivity contribution is -0.137. The van der Waals surface area contributed by atoms with Crippen LogP contribution in [0.3, 0.4) is 0 Å². The first-order valence-electron chi connectivity index (χ1n) is 22.1. The van der Waals surface area contributed by atoms with E-state index in [0.29, 0.717) is 37.5 Å². The number of rotatable bonds is 29. The number of unbranched alkanes of at least 4 members (excludes halogenated alkanes) is 2. The zero-order chi connectivity index (χ0) is 47.2. The van der Waals surface area contributed by atoms with E-state index < -0.39 is 78.5 Å². The Labute approximate surface area is 379 Å². The number of hydroxylamine groups is 1. The largest absolute Gasteiger partial charge is 0.368 e.